The van der Waals surface area contributed by atoms with E-state index in [1.807, 2.05) is 0 Å². The van der Waals surface area contributed by atoms with E-state index < -0.39 is 18.1 Å². The van der Waals surface area contributed by atoms with Crippen molar-refractivity contribution in [2.75, 3.05) is 13.2 Å². The molecule has 1 aliphatic heterocycles. The van der Waals surface area contributed by atoms with E-state index in [9.17, 15) is 13.6 Å². The zero-order valence-electron chi connectivity index (χ0n) is 5.35. The fourth-order valence-electron chi connectivity index (χ4n) is 0.937. The number of Topliss-reactive ketones (excluding diaryl/α,β-unsaturated/α-hetero) is 1. The van der Waals surface area contributed by atoms with Gasteiger partial charge in [-0.05, 0) is 6.42 Å². The Hall–Kier alpha value is -0.510. The van der Waals surface area contributed by atoms with Crippen molar-refractivity contribution in [3.63, 3.8) is 0 Å². The molecule has 0 amide bonds. The van der Waals surface area contributed by atoms with Crippen LogP contribution < -0.4 is 0 Å². The average molecular weight is 150 g/mol. The molecule has 1 fully saturated rings. The number of alkyl halides is 2. The number of rotatable bonds is 2. The number of halogens is 2. The van der Waals surface area contributed by atoms with Gasteiger partial charge in [-0.2, -0.15) is 0 Å². The number of ether oxygens (including phenoxy) is 1. The van der Waals surface area contributed by atoms with Gasteiger partial charge in [-0.25, -0.2) is 8.78 Å². The molecular formula is C6H8F2O2. The number of ketones is 1. The summed E-state index contributed by atoms with van der Waals surface area (Å²) in [5.74, 6) is -1.53. The lowest BCUT2D eigenvalue weighted by Crippen LogP contribution is -2.21. The summed E-state index contributed by atoms with van der Waals surface area (Å²) in [6, 6.07) is 0. The van der Waals surface area contributed by atoms with E-state index in [2.05, 4.69) is 0 Å². The van der Waals surface area contributed by atoms with E-state index in [1.54, 1.807) is 0 Å². The smallest absolute Gasteiger partial charge is 0.296 e. The lowest BCUT2D eigenvalue weighted by atomic mass is 10.0. The zero-order valence-corrected chi connectivity index (χ0v) is 5.35. The summed E-state index contributed by atoms with van der Waals surface area (Å²) in [6.07, 6.45) is -2.38. The van der Waals surface area contributed by atoms with Crippen molar-refractivity contribution in [1.29, 1.82) is 0 Å². The fraction of sp³-hybridized carbons (Fsp3) is 0.833. The second kappa shape index (κ2) is 3.05. The SMILES string of the molecule is O=C(C(F)F)C1CCOC1. The molecule has 58 valence electrons. The van der Waals surface area contributed by atoms with Crippen LogP contribution in [0.3, 0.4) is 0 Å². The third-order valence-electron chi connectivity index (χ3n) is 1.55. The molecular weight excluding hydrogens is 142 g/mol. The Balaban J connectivity index is 2.40. The molecule has 0 radical (unpaired) electrons. The van der Waals surface area contributed by atoms with Gasteiger partial charge in [0.15, 0.2) is 0 Å². The highest BCUT2D eigenvalue weighted by atomic mass is 19.3. The highest BCUT2D eigenvalue weighted by Gasteiger charge is 2.29. The van der Waals surface area contributed by atoms with Gasteiger partial charge in [-0.3, -0.25) is 4.79 Å². The van der Waals surface area contributed by atoms with Gasteiger partial charge in [0.2, 0.25) is 5.78 Å². The molecule has 1 atom stereocenters. The molecule has 0 aromatic heterocycles. The van der Waals surface area contributed by atoms with E-state index in [-0.39, 0.29) is 6.61 Å². The van der Waals surface area contributed by atoms with Crippen LogP contribution in [0.1, 0.15) is 6.42 Å². The molecule has 0 aromatic rings. The summed E-state index contributed by atoms with van der Waals surface area (Å²) < 4.78 is 28.1. The fourth-order valence-corrected chi connectivity index (χ4v) is 0.937. The first kappa shape index (κ1) is 7.60. The Morgan fingerprint density at radius 3 is 2.70 bits per heavy atom. The van der Waals surface area contributed by atoms with E-state index in [1.165, 1.54) is 0 Å². The largest absolute Gasteiger partial charge is 0.381 e. The monoisotopic (exact) mass is 150 g/mol. The third-order valence-corrected chi connectivity index (χ3v) is 1.55. The Morgan fingerprint density at radius 1 is 1.60 bits per heavy atom. The summed E-state index contributed by atoms with van der Waals surface area (Å²) in [4.78, 5) is 10.5. The topological polar surface area (TPSA) is 26.3 Å². The Bertz CT molecular complexity index is 130. The molecule has 10 heavy (non-hydrogen) atoms. The van der Waals surface area contributed by atoms with E-state index in [0.717, 1.165) is 0 Å². The van der Waals surface area contributed by atoms with Crippen molar-refractivity contribution < 1.29 is 18.3 Å². The quantitative estimate of drug-likeness (QED) is 0.583. The molecule has 0 saturated carbocycles. The second-order valence-corrected chi connectivity index (χ2v) is 2.26. The highest BCUT2D eigenvalue weighted by Crippen LogP contribution is 2.16. The Labute approximate surface area is 57.2 Å². The molecule has 1 heterocycles. The van der Waals surface area contributed by atoms with Gasteiger partial charge >= 0.3 is 0 Å². The van der Waals surface area contributed by atoms with Crippen LogP contribution in [0.15, 0.2) is 0 Å². The van der Waals surface area contributed by atoms with Crippen molar-refractivity contribution in [3.8, 4) is 0 Å². The Morgan fingerprint density at radius 2 is 2.30 bits per heavy atom. The lowest BCUT2D eigenvalue weighted by Gasteiger charge is -2.02. The Kier molecular flexibility index (Phi) is 2.32. The van der Waals surface area contributed by atoms with Gasteiger partial charge in [-0.15, -0.1) is 0 Å². The first-order valence-electron chi connectivity index (χ1n) is 3.11. The normalized spacial score (nSPS) is 25.7. The molecule has 1 unspecified atom stereocenters. The van der Waals surface area contributed by atoms with Gasteiger partial charge in [0.25, 0.3) is 6.43 Å². The summed E-state index contributed by atoms with van der Waals surface area (Å²) in [5.41, 5.74) is 0. The van der Waals surface area contributed by atoms with Crippen LogP contribution in [0.4, 0.5) is 8.78 Å². The molecule has 1 aliphatic rings. The molecule has 1 saturated heterocycles. The highest BCUT2D eigenvalue weighted by molar-refractivity contribution is 5.84. The lowest BCUT2D eigenvalue weighted by molar-refractivity contribution is -0.133. The molecule has 0 aromatic carbocycles. The number of hydrogen-bond donors (Lipinski definition) is 0. The summed E-state index contributed by atoms with van der Waals surface area (Å²) >= 11 is 0. The number of carbonyl (C=O) groups is 1. The number of hydrogen-bond acceptors (Lipinski definition) is 2. The molecule has 0 bridgehead atoms. The molecule has 4 heteroatoms. The first-order valence-corrected chi connectivity index (χ1v) is 3.11. The predicted molar refractivity (Wildman–Crippen MR) is 29.9 cm³/mol. The van der Waals surface area contributed by atoms with Gasteiger partial charge in [-0.1, -0.05) is 0 Å². The third kappa shape index (κ3) is 1.50. The second-order valence-electron chi connectivity index (χ2n) is 2.26. The van der Waals surface area contributed by atoms with Gasteiger partial charge in [0.05, 0.1) is 6.61 Å². The molecule has 1 rings (SSSR count). The summed E-state index contributed by atoms with van der Waals surface area (Å²) in [6.45, 7) is 0.603. The maximum absolute atomic E-state index is 11.7. The molecule has 0 spiro atoms. The zero-order chi connectivity index (χ0) is 7.56. The van der Waals surface area contributed by atoms with Crippen molar-refractivity contribution in [2.24, 2.45) is 5.92 Å². The van der Waals surface area contributed by atoms with E-state index >= 15 is 0 Å². The van der Waals surface area contributed by atoms with Gasteiger partial charge in [0.1, 0.15) is 0 Å². The van der Waals surface area contributed by atoms with Crippen molar-refractivity contribution in [3.05, 3.63) is 0 Å². The predicted octanol–water partition coefficient (Wildman–Crippen LogP) is 0.857. The van der Waals surface area contributed by atoms with Gasteiger partial charge < -0.3 is 4.74 Å². The maximum atomic E-state index is 11.7. The summed E-state index contributed by atoms with van der Waals surface area (Å²) in [5, 5.41) is 0. The minimum absolute atomic E-state index is 0.170. The maximum Gasteiger partial charge on any atom is 0.296 e. The van der Waals surface area contributed by atoms with Crippen LogP contribution in [-0.4, -0.2) is 25.4 Å². The first-order chi connectivity index (χ1) is 4.72. The van der Waals surface area contributed by atoms with Crippen molar-refractivity contribution in [2.45, 2.75) is 12.8 Å². The van der Waals surface area contributed by atoms with Crippen LogP contribution in [-0.2, 0) is 9.53 Å². The van der Waals surface area contributed by atoms with Gasteiger partial charge in [0, 0.05) is 12.5 Å². The number of carbonyl (C=O) groups excluding carboxylic acids is 1. The van der Waals surface area contributed by atoms with Crippen LogP contribution >= 0.6 is 0 Å². The minimum Gasteiger partial charge on any atom is -0.381 e. The molecule has 2 nitrogen and oxygen atoms in total. The van der Waals surface area contributed by atoms with Crippen LogP contribution in [0.5, 0.6) is 0 Å². The van der Waals surface area contributed by atoms with E-state index in [0.29, 0.717) is 13.0 Å². The summed E-state index contributed by atoms with van der Waals surface area (Å²) in [7, 11) is 0. The van der Waals surface area contributed by atoms with Crippen LogP contribution in [0.25, 0.3) is 0 Å². The minimum atomic E-state index is -2.83. The average Bonchev–Trinajstić information content (AvgIpc) is 2.36. The van der Waals surface area contributed by atoms with E-state index in [4.69, 9.17) is 4.74 Å². The van der Waals surface area contributed by atoms with Crippen molar-refractivity contribution >= 4 is 5.78 Å². The van der Waals surface area contributed by atoms with Crippen LogP contribution in [0, 0.1) is 5.92 Å². The van der Waals surface area contributed by atoms with Crippen molar-refractivity contribution in [1.82, 2.24) is 0 Å². The molecule has 0 N–H and O–H groups in total. The standard InChI is InChI=1S/C6H8F2O2/c7-6(8)5(9)4-1-2-10-3-4/h4,6H,1-3H2. The van der Waals surface area contributed by atoms with Crippen LogP contribution in [0.2, 0.25) is 0 Å². The molecule has 0 aliphatic carbocycles.